The number of piperidine rings is 1. The van der Waals surface area contributed by atoms with Crippen LogP contribution in [0.4, 0.5) is 13.2 Å². The smallest absolute Gasteiger partial charge is 0.370 e. The maximum absolute atomic E-state index is 11.9. The van der Waals surface area contributed by atoms with Crippen LogP contribution >= 0.6 is 0 Å². The molecule has 1 fully saturated rings. The zero-order chi connectivity index (χ0) is 9.90. The highest BCUT2D eigenvalue weighted by molar-refractivity contribution is 4.77. The molecule has 0 amide bonds. The minimum Gasteiger partial charge on any atom is -0.370 e. The third-order valence-corrected chi connectivity index (χ3v) is 2.04. The third kappa shape index (κ3) is 3.50. The van der Waals surface area contributed by atoms with E-state index < -0.39 is 12.4 Å². The molecule has 1 saturated heterocycles. The maximum atomic E-state index is 11.9. The first-order valence-corrected chi connectivity index (χ1v) is 4.21. The predicted octanol–water partition coefficient (Wildman–Crippen LogP) is 0.209. The zero-order valence-electron chi connectivity index (χ0n) is 7.06. The van der Waals surface area contributed by atoms with Crippen LogP contribution in [0.3, 0.4) is 0 Å². The summed E-state index contributed by atoms with van der Waals surface area (Å²) in [5.74, 6) is 0. The number of halogens is 3. The molecule has 1 heterocycles. The molecule has 1 aliphatic rings. The van der Waals surface area contributed by atoms with Crippen LogP contribution < -0.4 is 10.6 Å². The van der Waals surface area contributed by atoms with Gasteiger partial charge in [-0.05, 0) is 25.9 Å². The molecular weight excluding hydrogens is 185 g/mol. The number of nitrogens with one attached hydrogen (secondary N) is 2. The van der Waals surface area contributed by atoms with Crippen molar-refractivity contribution in [3.63, 3.8) is 0 Å². The van der Waals surface area contributed by atoms with Gasteiger partial charge in [-0.1, -0.05) is 0 Å². The molecule has 0 aromatic heterocycles. The van der Waals surface area contributed by atoms with Crippen molar-refractivity contribution < 1.29 is 18.3 Å². The fraction of sp³-hybridized carbons (Fsp3) is 1.00. The fourth-order valence-corrected chi connectivity index (χ4v) is 1.31. The van der Waals surface area contributed by atoms with Crippen LogP contribution in [0.1, 0.15) is 12.8 Å². The largest absolute Gasteiger partial charge is 0.427 e. The van der Waals surface area contributed by atoms with Crippen LogP contribution in [-0.2, 0) is 0 Å². The lowest BCUT2D eigenvalue weighted by atomic mass is 10.1. The van der Waals surface area contributed by atoms with Gasteiger partial charge in [0.2, 0.25) is 6.23 Å². The first kappa shape index (κ1) is 10.7. The standard InChI is InChI=1S/C7H13F3N2O/c8-7(9,10)6(13)12-5-1-3-11-4-2-5/h5-6,11-13H,1-4H2. The molecule has 0 bridgehead atoms. The van der Waals surface area contributed by atoms with Gasteiger partial charge in [-0.2, -0.15) is 13.2 Å². The molecule has 6 heteroatoms. The SMILES string of the molecule is OC(NC1CCNCC1)C(F)(F)F. The van der Waals surface area contributed by atoms with E-state index in [4.69, 9.17) is 5.11 Å². The summed E-state index contributed by atoms with van der Waals surface area (Å²) in [5, 5.41) is 13.9. The number of aliphatic hydroxyl groups is 1. The number of alkyl halides is 3. The molecule has 3 N–H and O–H groups in total. The Balaban J connectivity index is 2.30. The van der Waals surface area contributed by atoms with Gasteiger partial charge in [0.15, 0.2) is 0 Å². The highest BCUT2D eigenvalue weighted by Crippen LogP contribution is 2.19. The summed E-state index contributed by atoms with van der Waals surface area (Å²) in [7, 11) is 0. The van der Waals surface area contributed by atoms with Gasteiger partial charge in [0.25, 0.3) is 0 Å². The highest BCUT2D eigenvalue weighted by Gasteiger charge is 2.39. The lowest BCUT2D eigenvalue weighted by molar-refractivity contribution is -0.216. The van der Waals surface area contributed by atoms with Crippen molar-refractivity contribution in [3.8, 4) is 0 Å². The molecule has 0 aliphatic carbocycles. The summed E-state index contributed by atoms with van der Waals surface area (Å²) in [6.07, 6.45) is -5.72. The number of aliphatic hydroxyl groups excluding tert-OH is 1. The Morgan fingerprint density at radius 1 is 1.31 bits per heavy atom. The van der Waals surface area contributed by atoms with Gasteiger partial charge in [0.05, 0.1) is 0 Å². The van der Waals surface area contributed by atoms with E-state index in [1.165, 1.54) is 0 Å². The first-order chi connectivity index (χ1) is 6.00. The van der Waals surface area contributed by atoms with Gasteiger partial charge >= 0.3 is 6.18 Å². The topological polar surface area (TPSA) is 44.3 Å². The number of hydrogen-bond acceptors (Lipinski definition) is 3. The van der Waals surface area contributed by atoms with Crippen molar-refractivity contribution in [2.45, 2.75) is 31.3 Å². The Kier molecular flexibility index (Phi) is 3.52. The maximum Gasteiger partial charge on any atom is 0.427 e. The summed E-state index contributed by atoms with van der Waals surface area (Å²) in [4.78, 5) is 0. The monoisotopic (exact) mass is 198 g/mol. The molecule has 0 saturated carbocycles. The van der Waals surface area contributed by atoms with Gasteiger partial charge in [-0.15, -0.1) is 0 Å². The summed E-state index contributed by atoms with van der Waals surface area (Å²) in [5.41, 5.74) is 0. The lowest BCUT2D eigenvalue weighted by Gasteiger charge is -2.27. The quantitative estimate of drug-likeness (QED) is 0.556. The van der Waals surface area contributed by atoms with Crippen LogP contribution in [0.5, 0.6) is 0 Å². The molecule has 0 aromatic rings. The third-order valence-electron chi connectivity index (χ3n) is 2.04. The summed E-state index contributed by atoms with van der Waals surface area (Å²) in [6, 6.07) is -0.238. The van der Waals surface area contributed by atoms with Crippen molar-refractivity contribution in [2.24, 2.45) is 0 Å². The minimum atomic E-state index is -4.56. The van der Waals surface area contributed by atoms with Gasteiger partial charge in [-0.25, -0.2) is 0 Å². The van der Waals surface area contributed by atoms with Crippen LogP contribution in [0.15, 0.2) is 0 Å². The van der Waals surface area contributed by atoms with E-state index in [9.17, 15) is 13.2 Å². The summed E-state index contributed by atoms with van der Waals surface area (Å²) < 4.78 is 35.6. The molecule has 13 heavy (non-hydrogen) atoms. The molecule has 3 nitrogen and oxygen atoms in total. The molecule has 0 spiro atoms. The van der Waals surface area contributed by atoms with Crippen molar-refractivity contribution >= 4 is 0 Å². The van der Waals surface area contributed by atoms with Crippen LogP contribution in [0.2, 0.25) is 0 Å². The van der Waals surface area contributed by atoms with E-state index in [-0.39, 0.29) is 6.04 Å². The van der Waals surface area contributed by atoms with Crippen molar-refractivity contribution in [3.05, 3.63) is 0 Å². The molecule has 1 rings (SSSR count). The second-order valence-corrected chi connectivity index (χ2v) is 3.14. The molecule has 1 aliphatic heterocycles. The first-order valence-electron chi connectivity index (χ1n) is 4.21. The molecule has 1 atom stereocenters. The fourth-order valence-electron chi connectivity index (χ4n) is 1.31. The number of hydrogen-bond donors (Lipinski definition) is 3. The minimum absolute atomic E-state index is 0.238. The normalized spacial score (nSPS) is 23.1. The Morgan fingerprint density at radius 3 is 2.31 bits per heavy atom. The average molecular weight is 198 g/mol. The average Bonchev–Trinajstić information content (AvgIpc) is 2.04. The zero-order valence-corrected chi connectivity index (χ0v) is 7.06. The number of rotatable bonds is 2. The van der Waals surface area contributed by atoms with E-state index in [0.717, 1.165) is 0 Å². The van der Waals surface area contributed by atoms with E-state index in [2.05, 4.69) is 10.6 Å². The molecule has 1 unspecified atom stereocenters. The van der Waals surface area contributed by atoms with Gasteiger partial charge in [0, 0.05) is 6.04 Å². The van der Waals surface area contributed by atoms with Crippen molar-refractivity contribution in [2.75, 3.05) is 13.1 Å². The van der Waals surface area contributed by atoms with E-state index >= 15 is 0 Å². The molecule has 0 radical (unpaired) electrons. The Labute approximate surface area is 74.3 Å². The molecule has 78 valence electrons. The van der Waals surface area contributed by atoms with Gasteiger partial charge < -0.3 is 10.4 Å². The van der Waals surface area contributed by atoms with Crippen LogP contribution in [-0.4, -0.2) is 36.6 Å². The van der Waals surface area contributed by atoms with E-state index in [1.54, 1.807) is 0 Å². The van der Waals surface area contributed by atoms with Crippen molar-refractivity contribution in [1.29, 1.82) is 0 Å². The van der Waals surface area contributed by atoms with Gasteiger partial charge in [0.1, 0.15) is 0 Å². The van der Waals surface area contributed by atoms with Crippen molar-refractivity contribution in [1.82, 2.24) is 10.6 Å². The summed E-state index contributed by atoms with van der Waals surface area (Å²) in [6.45, 7) is 1.39. The second-order valence-electron chi connectivity index (χ2n) is 3.14. The lowest BCUT2D eigenvalue weighted by Crippen LogP contribution is -2.50. The summed E-state index contributed by atoms with van der Waals surface area (Å²) >= 11 is 0. The Morgan fingerprint density at radius 2 is 1.85 bits per heavy atom. The Bertz CT molecular complexity index is 156. The molecule has 0 aromatic carbocycles. The Hall–Kier alpha value is -0.330. The van der Waals surface area contributed by atoms with Crippen LogP contribution in [0, 0.1) is 0 Å². The molecular formula is C7H13F3N2O. The van der Waals surface area contributed by atoms with Crippen LogP contribution in [0.25, 0.3) is 0 Å². The van der Waals surface area contributed by atoms with E-state index in [1.807, 2.05) is 0 Å². The second kappa shape index (κ2) is 4.26. The predicted molar refractivity (Wildman–Crippen MR) is 41.1 cm³/mol. The van der Waals surface area contributed by atoms with Gasteiger partial charge in [-0.3, -0.25) is 5.32 Å². The van der Waals surface area contributed by atoms with E-state index in [0.29, 0.717) is 25.9 Å². The highest BCUT2D eigenvalue weighted by atomic mass is 19.4.